The van der Waals surface area contributed by atoms with Crippen LogP contribution in [0.15, 0.2) is 18.2 Å². The number of halogens is 6. The van der Waals surface area contributed by atoms with Gasteiger partial charge in [0.25, 0.3) is 5.91 Å². The van der Waals surface area contributed by atoms with Crippen molar-refractivity contribution in [1.82, 2.24) is 10.2 Å². The van der Waals surface area contributed by atoms with E-state index in [0.29, 0.717) is 6.54 Å². The van der Waals surface area contributed by atoms with Crippen molar-refractivity contribution < 1.29 is 40.6 Å². The first-order chi connectivity index (χ1) is 13.0. The fourth-order valence-corrected chi connectivity index (χ4v) is 2.25. The van der Waals surface area contributed by atoms with Crippen LogP contribution in [0.2, 0.25) is 0 Å². The zero-order valence-electron chi connectivity index (χ0n) is 15.4. The SMILES string of the molecule is CCN(CC)CCNC(=O)c1c(OCC(F)(F)F)cccc1OCC(F)(F)F. The normalized spacial score (nSPS) is 12.2. The van der Waals surface area contributed by atoms with E-state index in [2.05, 4.69) is 14.8 Å². The summed E-state index contributed by atoms with van der Waals surface area (Å²) in [6, 6.07) is 3.26. The smallest absolute Gasteiger partial charge is 0.422 e. The first-order valence-corrected chi connectivity index (χ1v) is 8.49. The number of amides is 1. The van der Waals surface area contributed by atoms with Gasteiger partial charge < -0.3 is 19.7 Å². The number of alkyl halides is 6. The van der Waals surface area contributed by atoms with Gasteiger partial charge in [-0.3, -0.25) is 4.79 Å². The van der Waals surface area contributed by atoms with Crippen LogP contribution in [-0.4, -0.2) is 62.6 Å². The zero-order valence-corrected chi connectivity index (χ0v) is 15.4. The van der Waals surface area contributed by atoms with Gasteiger partial charge in [-0.05, 0) is 25.2 Å². The maximum Gasteiger partial charge on any atom is 0.422 e. The van der Waals surface area contributed by atoms with Gasteiger partial charge in [0.2, 0.25) is 0 Å². The molecule has 1 amide bonds. The lowest BCUT2D eigenvalue weighted by atomic mass is 10.1. The highest BCUT2D eigenvalue weighted by atomic mass is 19.4. The van der Waals surface area contributed by atoms with Crippen LogP contribution in [0.3, 0.4) is 0 Å². The van der Waals surface area contributed by atoms with Gasteiger partial charge in [-0.2, -0.15) is 26.3 Å². The summed E-state index contributed by atoms with van der Waals surface area (Å²) in [7, 11) is 0. The first-order valence-electron chi connectivity index (χ1n) is 8.49. The summed E-state index contributed by atoms with van der Waals surface area (Å²) in [5.74, 6) is -1.92. The van der Waals surface area contributed by atoms with Crippen molar-refractivity contribution in [2.75, 3.05) is 39.4 Å². The molecule has 0 aliphatic heterocycles. The molecule has 28 heavy (non-hydrogen) atoms. The maximum atomic E-state index is 12.4. The molecule has 1 aromatic carbocycles. The number of hydrogen-bond donors (Lipinski definition) is 1. The van der Waals surface area contributed by atoms with Crippen molar-refractivity contribution in [2.45, 2.75) is 26.2 Å². The lowest BCUT2D eigenvalue weighted by Gasteiger charge is -2.20. The molecule has 0 fully saturated rings. The predicted molar refractivity (Wildman–Crippen MR) is 89.7 cm³/mol. The molecule has 1 rings (SSSR count). The van der Waals surface area contributed by atoms with Crippen molar-refractivity contribution in [1.29, 1.82) is 0 Å². The Bertz CT molecular complexity index is 594. The molecule has 0 aromatic heterocycles. The third-order valence-electron chi connectivity index (χ3n) is 3.61. The number of likely N-dealkylation sites (N-methyl/N-ethyl adjacent to an activating group) is 1. The molecule has 0 saturated heterocycles. The highest BCUT2D eigenvalue weighted by Gasteiger charge is 2.32. The number of hydrogen-bond acceptors (Lipinski definition) is 4. The monoisotopic (exact) mass is 416 g/mol. The summed E-state index contributed by atoms with van der Waals surface area (Å²) in [6.07, 6.45) is -9.36. The molecule has 1 N–H and O–H groups in total. The highest BCUT2D eigenvalue weighted by molar-refractivity contribution is 5.99. The van der Waals surface area contributed by atoms with E-state index >= 15 is 0 Å². The topological polar surface area (TPSA) is 50.8 Å². The maximum absolute atomic E-state index is 12.4. The van der Waals surface area contributed by atoms with Gasteiger partial charge >= 0.3 is 12.4 Å². The highest BCUT2D eigenvalue weighted by Crippen LogP contribution is 2.31. The van der Waals surface area contributed by atoms with Crippen molar-refractivity contribution in [3.05, 3.63) is 23.8 Å². The van der Waals surface area contributed by atoms with Crippen LogP contribution in [0, 0.1) is 0 Å². The summed E-state index contributed by atoms with van der Waals surface area (Å²) in [5.41, 5.74) is -0.518. The molecule has 0 aliphatic rings. The minimum absolute atomic E-state index is 0.146. The Morgan fingerprint density at radius 2 is 1.43 bits per heavy atom. The second-order valence-electron chi connectivity index (χ2n) is 5.72. The second kappa shape index (κ2) is 10.4. The molecule has 0 atom stereocenters. The summed E-state index contributed by atoms with van der Waals surface area (Å²) in [6.45, 7) is 2.47. The van der Waals surface area contributed by atoms with Crippen LogP contribution in [0.5, 0.6) is 11.5 Å². The summed E-state index contributed by atoms with van der Waals surface area (Å²) >= 11 is 0. The molecule has 0 bridgehead atoms. The lowest BCUT2D eigenvalue weighted by Crippen LogP contribution is -2.35. The number of benzene rings is 1. The average molecular weight is 416 g/mol. The van der Waals surface area contributed by atoms with E-state index in [4.69, 9.17) is 0 Å². The Morgan fingerprint density at radius 1 is 0.964 bits per heavy atom. The lowest BCUT2D eigenvalue weighted by molar-refractivity contribution is -0.154. The fourth-order valence-electron chi connectivity index (χ4n) is 2.25. The van der Waals surface area contributed by atoms with Crippen LogP contribution in [0.4, 0.5) is 26.3 Å². The number of ether oxygens (including phenoxy) is 2. The van der Waals surface area contributed by atoms with E-state index in [-0.39, 0.29) is 6.54 Å². The minimum Gasteiger partial charge on any atom is -0.483 e. The van der Waals surface area contributed by atoms with Gasteiger partial charge in [-0.1, -0.05) is 19.9 Å². The van der Waals surface area contributed by atoms with Crippen LogP contribution in [0.25, 0.3) is 0 Å². The van der Waals surface area contributed by atoms with Crippen LogP contribution in [0.1, 0.15) is 24.2 Å². The van der Waals surface area contributed by atoms with Gasteiger partial charge in [0.15, 0.2) is 13.2 Å². The molecule has 5 nitrogen and oxygen atoms in total. The summed E-state index contributed by atoms with van der Waals surface area (Å²) in [4.78, 5) is 14.4. The molecule has 0 aliphatic carbocycles. The van der Waals surface area contributed by atoms with Crippen molar-refractivity contribution in [3.63, 3.8) is 0 Å². The van der Waals surface area contributed by atoms with E-state index in [0.717, 1.165) is 31.3 Å². The fraction of sp³-hybridized carbons (Fsp3) is 0.588. The number of nitrogens with one attached hydrogen (secondary N) is 1. The van der Waals surface area contributed by atoms with Gasteiger partial charge in [-0.25, -0.2) is 0 Å². The van der Waals surface area contributed by atoms with Crippen molar-refractivity contribution in [2.24, 2.45) is 0 Å². The first kappa shape index (κ1) is 23.9. The van der Waals surface area contributed by atoms with Crippen molar-refractivity contribution in [3.8, 4) is 11.5 Å². The number of rotatable bonds is 10. The molecule has 160 valence electrons. The molecular formula is C17H22F6N2O3. The predicted octanol–water partition coefficient (Wildman–Crippen LogP) is 3.64. The zero-order chi connectivity index (χ0) is 21.4. The van der Waals surface area contributed by atoms with E-state index < -0.39 is 48.5 Å². The quantitative estimate of drug-likeness (QED) is 0.592. The van der Waals surface area contributed by atoms with Gasteiger partial charge in [0.05, 0.1) is 0 Å². The molecule has 0 unspecified atom stereocenters. The van der Waals surface area contributed by atoms with Crippen LogP contribution < -0.4 is 14.8 Å². The van der Waals surface area contributed by atoms with E-state index in [9.17, 15) is 31.1 Å². The molecule has 1 aromatic rings. The third-order valence-corrected chi connectivity index (χ3v) is 3.61. The van der Waals surface area contributed by atoms with Crippen molar-refractivity contribution >= 4 is 5.91 Å². The van der Waals surface area contributed by atoms with Gasteiger partial charge in [0, 0.05) is 13.1 Å². The molecule has 11 heteroatoms. The Balaban J connectivity index is 3.01. The van der Waals surface area contributed by atoms with Gasteiger partial charge in [0.1, 0.15) is 17.1 Å². The third kappa shape index (κ3) is 8.68. The number of carbonyl (C=O) groups excluding carboxylic acids is 1. The summed E-state index contributed by atoms with van der Waals surface area (Å²) < 4.78 is 83.8. The Kier molecular flexibility index (Phi) is 8.86. The molecular weight excluding hydrogens is 394 g/mol. The van der Waals surface area contributed by atoms with Crippen LogP contribution in [-0.2, 0) is 0 Å². The number of nitrogens with zero attached hydrogens (tertiary/aromatic N) is 1. The van der Waals surface area contributed by atoms with Gasteiger partial charge in [-0.15, -0.1) is 0 Å². The van der Waals surface area contributed by atoms with E-state index in [1.54, 1.807) is 0 Å². The largest absolute Gasteiger partial charge is 0.483 e. The molecule has 0 spiro atoms. The molecule has 0 heterocycles. The summed E-state index contributed by atoms with van der Waals surface area (Å²) in [5, 5.41) is 2.47. The minimum atomic E-state index is -4.68. The molecule has 0 radical (unpaired) electrons. The Morgan fingerprint density at radius 3 is 1.82 bits per heavy atom. The second-order valence-corrected chi connectivity index (χ2v) is 5.72. The van der Waals surface area contributed by atoms with E-state index in [1.807, 2.05) is 18.7 Å². The molecule has 0 saturated carbocycles. The Labute approximate surface area is 158 Å². The Hall–Kier alpha value is -2.17. The standard InChI is InChI=1S/C17H22F6N2O3/c1-3-25(4-2)9-8-24-15(26)14-12(27-10-16(18,19)20)6-5-7-13(14)28-11-17(21,22)23/h5-7H,3-4,8-11H2,1-2H3,(H,24,26). The van der Waals surface area contributed by atoms with Crippen LogP contribution >= 0.6 is 0 Å². The van der Waals surface area contributed by atoms with E-state index in [1.165, 1.54) is 0 Å². The number of carbonyl (C=O) groups is 1. The average Bonchev–Trinajstić information content (AvgIpc) is 2.60.